The van der Waals surface area contributed by atoms with Gasteiger partial charge in [0.05, 0.1) is 0 Å². The van der Waals surface area contributed by atoms with Crippen LogP contribution in [0.2, 0.25) is 0 Å². The smallest absolute Gasteiger partial charge is 0.122 e. The fourth-order valence-electron chi connectivity index (χ4n) is 3.93. The van der Waals surface area contributed by atoms with Gasteiger partial charge < -0.3 is 20.4 Å². The van der Waals surface area contributed by atoms with Crippen molar-refractivity contribution in [3.63, 3.8) is 0 Å². The molecule has 29 heavy (non-hydrogen) atoms. The van der Waals surface area contributed by atoms with Gasteiger partial charge in [-0.1, -0.05) is 54.6 Å². The van der Waals surface area contributed by atoms with Gasteiger partial charge in [-0.2, -0.15) is 0 Å². The molecular formula is C25H28O4. The van der Waals surface area contributed by atoms with Crippen molar-refractivity contribution in [2.75, 3.05) is 13.2 Å². The number of hydrogen-bond donors (Lipinski definition) is 4. The van der Waals surface area contributed by atoms with Crippen LogP contribution in [-0.4, -0.2) is 33.6 Å². The largest absolute Gasteiger partial charge is 0.507 e. The Hall–Kier alpha value is -2.82. The molecule has 0 unspecified atom stereocenters. The topological polar surface area (TPSA) is 80.9 Å². The van der Waals surface area contributed by atoms with Gasteiger partial charge in [-0.3, -0.25) is 0 Å². The molecule has 0 aliphatic rings. The fourth-order valence-corrected chi connectivity index (χ4v) is 3.93. The molecule has 4 N–H and O–H groups in total. The van der Waals surface area contributed by atoms with Gasteiger partial charge in [0.2, 0.25) is 0 Å². The Morgan fingerprint density at radius 2 is 1.14 bits per heavy atom. The van der Waals surface area contributed by atoms with Crippen LogP contribution in [0.25, 0.3) is 0 Å². The van der Waals surface area contributed by atoms with Gasteiger partial charge in [0.15, 0.2) is 0 Å². The highest BCUT2D eigenvalue weighted by atomic mass is 16.3. The summed E-state index contributed by atoms with van der Waals surface area (Å²) in [5.74, 6) is -0.0128. The highest BCUT2D eigenvalue weighted by Crippen LogP contribution is 2.43. The number of aliphatic hydroxyl groups is 2. The summed E-state index contributed by atoms with van der Waals surface area (Å²) in [6.07, 6.45) is 0.983. The van der Waals surface area contributed by atoms with Crippen molar-refractivity contribution in [1.29, 1.82) is 0 Å². The van der Waals surface area contributed by atoms with Gasteiger partial charge in [-0.25, -0.2) is 0 Å². The average molecular weight is 392 g/mol. The van der Waals surface area contributed by atoms with Gasteiger partial charge in [0, 0.05) is 30.3 Å². The number of phenolic OH excluding ortho intramolecular Hbond substituents is 2. The zero-order chi connectivity index (χ0) is 21.0. The van der Waals surface area contributed by atoms with Crippen LogP contribution in [0.3, 0.4) is 0 Å². The number of rotatable bonds is 7. The third-order valence-electron chi connectivity index (χ3n) is 5.34. The molecule has 0 atom stereocenters. The summed E-state index contributed by atoms with van der Waals surface area (Å²) in [5.41, 5.74) is 5.65. The molecule has 4 nitrogen and oxygen atoms in total. The molecule has 152 valence electrons. The standard InChI is InChI=1S/C25H28O4/c1-16-12-18(8-10-26)14-21(24(16)28)23(20-6-4-3-5-7-20)22-15-19(9-11-27)13-17(2)25(22)29/h3-7,12-15,23,26-29H,8-11H2,1-2H3. The van der Waals surface area contributed by atoms with E-state index < -0.39 is 0 Å². The predicted octanol–water partition coefficient (Wildman–Crippen LogP) is 3.96. The van der Waals surface area contributed by atoms with Crippen LogP contribution in [0.1, 0.15) is 44.9 Å². The zero-order valence-electron chi connectivity index (χ0n) is 16.9. The van der Waals surface area contributed by atoms with Crippen LogP contribution in [0.4, 0.5) is 0 Å². The van der Waals surface area contributed by atoms with Crippen molar-refractivity contribution in [3.8, 4) is 11.5 Å². The fraction of sp³-hybridized carbons (Fsp3) is 0.280. The number of aromatic hydroxyl groups is 2. The Morgan fingerprint density at radius 1 is 0.690 bits per heavy atom. The Balaban J connectivity index is 2.29. The highest BCUT2D eigenvalue weighted by Gasteiger charge is 2.25. The lowest BCUT2D eigenvalue weighted by molar-refractivity contribution is 0.299. The first kappa shape index (κ1) is 20.9. The highest BCUT2D eigenvalue weighted by molar-refractivity contribution is 5.57. The SMILES string of the molecule is Cc1cc(CCO)cc(C(c2ccccc2)c2cc(CCO)cc(C)c2O)c1O. The third-order valence-corrected chi connectivity index (χ3v) is 5.34. The summed E-state index contributed by atoms with van der Waals surface area (Å²) in [6, 6.07) is 17.3. The van der Waals surface area contributed by atoms with E-state index in [2.05, 4.69) is 0 Å². The average Bonchev–Trinajstić information content (AvgIpc) is 2.70. The molecule has 0 heterocycles. The lowest BCUT2D eigenvalue weighted by atomic mass is 9.81. The molecular weight excluding hydrogens is 364 g/mol. The van der Waals surface area contributed by atoms with Gasteiger partial charge in [0.1, 0.15) is 11.5 Å². The van der Waals surface area contributed by atoms with E-state index >= 15 is 0 Å². The third kappa shape index (κ3) is 4.44. The van der Waals surface area contributed by atoms with Crippen LogP contribution in [-0.2, 0) is 12.8 Å². The zero-order valence-corrected chi connectivity index (χ0v) is 16.9. The molecule has 0 saturated heterocycles. The lowest BCUT2D eigenvalue weighted by Gasteiger charge is -2.24. The molecule has 0 aromatic heterocycles. The Kier molecular flexibility index (Phi) is 6.57. The molecule has 0 bridgehead atoms. The first-order chi connectivity index (χ1) is 14.0. The first-order valence-corrected chi connectivity index (χ1v) is 9.87. The van der Waals surface area contributed by atoms with Crippen molar-refractivity contribution in [2.45, 2.75) is 32.6 Å². The van der Waals surface area contributed by atoms with E-state index in [1.54, 1.807) is 0 Å². The summed E-state index contributed by atoms with van der Waals surface area (Å²) >= 11 is 0. The van der Waals surface area contributed by atoms with E-state index in [1.807, 2.05) is 68.4 Å². The summed E-state index contributed by atoms with van der Waals surface area (Å²) in [6.45, 7) is 3.73. The number of hydrogen-bond acceptors (Lipinski definition) is 4. The Morgan fingerprint density at radius 3 is 1.55 bits per heavy atom. The van der Waals surface area contributed by atoms with Gasteiger partial charge in [-0.05, 0) is 54.5 Å². The quantitative estimate of drug-likeness (QED) is 0.459. The minimum absolute atomic E-state index is 0.0238. The summed E-state index contributed by atoms with van der Waals surface area (Å²) in [4.78, 5) is 0. The first-order valence-electron chi connectivity index (χ1n) is 9.87. The molecule has 0 saturated carbocycles. The molecule has 0 spiro atoms. The van der Waals surface area contributed by atoms with Gasteiger partial charge in [0.25, 0.3) is 0 Å². The molecule has 0 fully saturated rings. The van der Waals surface area contributed by atoms with Crippen LogP contribution >= 0.6 is 0 Å². The summed E-state index contributed by atoms with van der Waals surface area (Å²) < 4.78 is 0. The minimum Gasteiger partial charge on any atom is -0.507 e. The second-order valence-electron chi connectivity index (χ2n) is 7.49. The van der Waals surface area contributed by atoms with Crippen molar-refractivity contribution in [2.24, 2.45) is 0 Å². The minimum atomic E-state index is -0.383. The van der Waals surface area contributed by atoms with Crippen LogP contribution in [0.5, 0.6) is 11.5 Å². The summed E-state index contributed by atoms with van der Waals surface area (Å²) in [7, 11) is 0. The maximum absolute atomic E-state index is 10.9. The molecule has 3 aromatic carbocycles. The second kappa shape index (κ2) is 9.12. The summed E-state index contributed by atoms with van der Waals surface area (Å²) in [5, 5.41) is 40.7. The molecule has 3 aromatic rings. The maximum Gasteiger partial charge on any atom is 0.122 e. The number of aliphatic hydroxyl groups excluding tert-OH is 2. The molecule has 0 radical (unpaired) electrons. The van der Waals surface area contributed by atoms with Crippen molar-refractivity contribution < 1.29 is 20.4 Å². The number of aryl methyl sites for hydroxylation is 2. The Labute approximate surface area is 171 Å². The van der Waals surface area contributed by atoms with Crippen LogP contribution < -0.4 is 0 Å². The van der Waals surface area contributed by atoms with Gasteiger partial charge in [-0.15, -0.1) is 0 Å². The maximum atomic E-state index is 10.9. The van der Waals surface area contributed by atoms with E-state index in [4.69, 9.17) is 0 Å². The monoisotopic (exact) mass is 392 g/mol. The lowest BCUT2D eigenvalue weighted by Crippen LogP contribution is -2.08. The molecule has 0 amide bonds. The Bertz CT molecular complexity index is 918. The van der Waals surface area contributed by atoms with E-state index in [0.717, 1.165) is 27.8 Å². The van der Waals surface area contributed by atoms with Crippen LogP contribution in [0.15, 0.2) is 54.6 Å². The normalized spacial score (nSPS) is 11.2. The van der Waals surface area contributed by atoms with E-state index in [9.17, 15) is 20.4 Å². The van der Waals surface area contributed by atoms with Crippen LogP contribution in [0, 0.1) is 13.8 Å². The second-order valence-corrected chi connectivity index (χ2v) is 7.49. The molecule has 3 rings (SSSR count). The number of phenols is 2. The van der Waals surface area contributed by atoms with E-state index in [1.165, 1.54) is 0 Å². The van der Waals surface area contributed by atoms with Crippen molar-refractivity contribution >= 4 is 0 Å². The van der Waals surface area contributed by atoms with Gasteiger partial charge >= 0.3 is 0 Å². The molecule has 0 aliphatic heterocycles. The number of benzene rings is 3. The van der Waals surface area contributed by atoms with Crippen molar-refractivity contribution in [3.05, 3.63) is 93.5 Å². The van der Waals surface area contributed by atoms with Crippen molar-refractivity contribution in [1.82, 2.24) is 0 Å². The molecule has 4 heteroatoms. The van der Waals surface area contributed by atoms with E-state index in [0.29, 0.717) is 24.0 Å². The van der Waals surface area contributed by atoms with E-state index in [-0.39, 0.29) is 30.6 Å². The predicted molar refractivity (Wildman–Crippen MR) is 115 cm³/mol. The molecule has 0 aliphatic carbocycles.